The first-order chi connectivity index (χ1) is 5.81. The molecule has 0 spiro atoms. The maximum Gasteiger partial charge on any atom is 0.221 e. The molecule has 4 heteroatoms. The zero-order valence-corrected chi connectivity index (χ0v) is 8.67. The number of carbonyl (C=O) groups excluding carboxylic acids is 1. The summed E-state index contributed by atoms with van der Waals surface area (Å²) >= 11 is 1.85. The Labute approximate surface area is 78.7 Å². The maximum absolute atomic E-state index is 10.7. The van der Waals surface area contributed by atoms with Gasteiger partial charge in [-0.25, -0.2) is 0 Å². The van der Waals surface area contributed by atoms with Gasteiger partial charge < -0.3 is 10.6 Å². The van der Waals surface area contributed by atoms with Gasteiger partial charge in [0.05, 0.1) is 0 Å². The predicted octanol–water partition coefficient (Wildman–Crippen LogP) is 0.465. The van der Waals surface area contributed by atoms with Crippen molar-refractivity contribution in [3.63, 3.8) is 0 Å². The molecule has 0 aromatic heterocycles. The van der Waals surface area contributed by atoms with E-state index in [9.17, 15) is 4.79 Å². The van der Waals surface area contributed by atoms with Gasteiger partial charge in [0.1, 0.15) is 0 Å². The van der Waals surface area contributed by atoms with Crippen LogP contribution in [0, 0.1) is 0 Å². The van der Waals surface area contributed by atoms with Gasteiger partial charge in [0.15, 0.2) is 0 Å². The summed E-state index contributed by atoms with van der Waals surface area (Å²) in [5.41, 5.74) is 0. The molecular formula is C8H18N2OS. The van der Waals surface area contributed by atoms with Gasteiger partial charge in [-0.2, -0.15) is 11.8 Å². The highest BCUT2D eigenvalue weighted by Crippen LogP contribution is 1.92. The first-order valence-corrected chi connectivity index (χ1v) is 5.61. The van der Waals surface area contributed by atoms with Gasteiger partial charge >= 0.3 is 0 Å². The van der Waals surface area contributed by atoms with Crippen LogP contribution in [-0.2, 0) is 4.79 Å². The van der Waals surface area contributed by atoms with E-state index in [1.54, 1.807) is 7.05 Å². The minimum absolute atomic E-state index is 0.104. The molecule has 0 aliphatic carbocycles. The van der Waals surface area contributed by atoms with Crippen LogP contribution in [0.2, 0.25) is 0 Å². The molecule has 0 radical (unpaired) electrons. The van der Waals surface area contributed by atoms with Crippen molar-refractivity contribution in [2.45, 2.75) is 12.8 Å². The Kier molecular flexibility index (Phi) is 8.71. The van der Waals surface area contributed by atoms with Crippen molar-refractivity contribution >= 4 is 17.7 Å². The molecule has 0 unspecified atom stereocenters. The lowest BCUT2D eigenvalue weighted by Gasteiger charge is -2.02. The van der Waals surface area contributed by atoms with Gasteiger partial charge in [-0.15, -0.1) is 0 Å². The second kappa shape index (κ2) is 8.87. The van der Waals surface area contributed by atoms with Crippen molar-refractivity contribution in [3.05, 3.63) is 0 Å². The van der Waals surface area contributed by atoms with Crippen LogP contribution in [0.5, 0.6) is 0 Å². The Hall–Kier alpha value is -0.220. The molecule has 0 aromatic carbocycles. The second-order valence-electron chi connectivity index (χ2n) is 2.52. The van der Waals surface area contributed by atoms with Crippen LogP contribution in [0.4, 0.5) is 0 Å². The van der Waals surface area contributed by atoms with Crippen LogP contribution in [0.25, 0.3) is 0 Å². The summed E-state index contributed by atoms with van der Waals surface area (Å²) in [5, 5.41) is 5.80. The van der Waals surface area contributed by atoms with Crippen molar-refractivity contribution < 1.29 is 4.79 Å². The van der Waals surface area contributed by atoms with E-state index in [2.05, 4.69) is 16.9 Å². The van der Waals surface area contributed by atoms with Crippen LogP contribution in [0.3, 0.4) is 0 Å². The van der Waals surface area contributed by atoms with Gasteiger partial charge in [0.25, 0.3) is 0 Å². The fourth-order valence-electron chi connectivity index (χ4n) is 0.793. The molecule has 3 nitrogen and oxygen atoms in total. The van der Waals surface area contributed by atoms with Crippen LogP contribution >= 0.6 is 11.8 Å². The Balaban J connectivity index is 2.95. The molecule has 0 aromatic rings. The summed E-state index contributed by atoms with van der Waals surface area (Å²) in [6, 6.07) is 0. The highest BCUT2D eigenvalue weighted by atomic mass is 32.2. The average Bonchev–Trinajstić information content (AvgIpc) is 2.10. The van der Waals surface area contributed by atoms with Crippen LogP contribution in [-0.4, -0.2) is 38.1 Å². The fourth-order valence-corrected chi connectivity index (χ4v) is 1.23. The highest BCUT2D eigenvalue weighted by Gasteiger charge is 1.95. The third-order valence-electron chi connectivity index (χ3n) is 1.51. The van der Waals surface area contributed by atoms with Crippen molar-refractivity contribution in [3.8, 4) is 0 Å². The van der Waals surface area contributed by atoms with E-state index in [4.69, 9.17) is 0 Å². The Morgan fingerprint density at radius 3 is 2.75 bits per heavy atom. The number of nitrogens with one attached hydrogen (secondary N) is 2. The molecule has 0 bridgehead atoms. The normalized spacial score (nSPS) is 9.83. The number of hydrogen-bond acceptors (Lipinski definition) is 3. The molecule has 0 saturated carbocycles. The third kappa shape index (κ3) is 7.88. The van der Waals surface area contributed by atoms with Crippen LogP contribution < -0.4 is 10.6 Å². The molecule has 0 rings (SSSR count). The maximum atomic E-state index is 10.7. The van der Waals surface area contributed by atoms with E-state index in [1.165, 1.54) is 12.2 Å². The van der Waals surface area contributed by atoms with Gasteiger partial charge in [-0.1, -0.05) is 0 Å². The lowest BCUT2D eigenvalue weighted by atomic mass is 10.4. The standard InChI is InChI=1S/C8H18N2OS/c1-9-8(11)4-6-10-5-3-7-12-2/h10H,3-7H2,1-2H3,(H,9,11). The average molecular weight is 190 g/mol. The van der Waals surface area contributed by atoms with E-state index >= 15 is 0 Å². The van der Waals surface area contributed by atoms with E-state index in [0.717, 1.165) is 13.1 Å². The summed E-state index contributed by atoms with van der Waals surface area (Å²) in [4.78, 5) is 10.7. The number of hydrogen-bond donors (Lipinski definition) is 2. The molecule has 2 N–H and O–H groups in total. The molecular weight excluding hydrogens is 172 g/mol. The molecule has 0 aliphatic rings. The minimum atomic E-state index is 0.104. The van der Waals surface area contributed by atoms with E-state index in [0.29, 0.717) is 6.42 Å². The molecule has 0 atom stereocenters. The molecule has 1 amide bonds. The molecule has 12 heavy (non-hydrogen) atoms. The SMILES string of the molecule is CNC(=O)CCNCCCSC. The lowest BCUT2D eigenvalue weighted by Crippen LogP contribution is -2.25. The Morgan fingerprint density at radius 1 is 1.42 bits per heavy atom. The van der Waals surface area contributed by atoms with Crippen molar-refractivity contribution in [1.29, 1.82) is 0 Å². The molecule has 0 heterocycles. The Bertz CT molecular complexity index is 120. The molecule has 0 fully saturated rings. The van der Waals surface area contributed by atoms with E-state index < -0.39 is 0 Å². The highest BCUT2D eigenvalue weighted by molar-refractivity contribution is 7.98. The first kappa shape index (κ1) is 11.8. The van der Waals surface area contributed by atoms with Crippen LogP contribution in [0.1, 0.15) is 12.8 Å². The van der Waals surface area contributed by atoms with Gasteiger partial charge in [-0.3, -0.25) is 4.79 Å². The van der Waals surface area contributed by atoms with Crippen molar-refractivity contribution in [2.24, 2.45) is 0 Å². The fraction of sp³-hybridized carbons (Fsp3) is 0.875. The number of rotatable bonds is 7. The summed E-state index contributed by atoms with van der Waals surface area (Å²) in [6.45, 7) is 1.80. The van der Waals surface area contributed by atoms with Gasteiger partial charge in [0.2, 0.25) is 5.91 Å². The zero-order chi connectivity index (χ0) is 9.23. The molecule has 72 valence electrons. The molecule has 0 aliphatic heterocycles. The first-order valence-electron chi connectivity index (χ1n) is 4.21. The van der Waals surface area contributed by atoms with Gasteiger partial charge in [-0.05, 0) is 25.0 Å². The monoisotopic (exact) mass is 190 g/mol. The predicted molar refractivity (Wildman–Crippen MR) is 54.6 cm³/mol. The second-order valence-corrected chi connectivity index (χ2v) is 3.51. The topological polar surface area (TPSA) is 41.1 Å². The van der Waals surface area contributed by atoms with Crippen molar-refractivity contribution in [1.82, 2.24) is 10.6 Å². The summed E-state index contributed by atoms with van der Waals surface area (Å²) < 4.78 is 0. The zero-order valence-electron chi connectivity index (χ0n) is 7.85. The molecule has 0 saturated heterocycles. The number of carbonyl (C=O) groups is 1. The van der Waals surface area contributed by atoms with Crippen LogP contribution in [0.15, 0.2) is 0 Å². The van der Waals surface area contributed by atoms with E-state index in [1.807, 2.05) is 11.8 Å². The quantitative estimate of drug-likeness (QED) is 0.573. The summed E-state index contributed by atoms with van der Waals surface area (Å²) in [7, 11) is 1.66. The lowest BCUT2D eigenvalue weighted by molar-refractivity contribution is -0.120. The van der Waals surface area contributed by atoms with Gasteiger partial charge in [0, 0.05) is 20.0 Å². The summed E-state index contributed by atoms with van der Waals surface area (Å²) in [6.07, 6.45) is 3.86. The van der Waals surface area contributed by atoms with Crippen molar-refractivity contribution in [2.75, 3.05) is 32.1 Å². The summed E-state index contributed by atoms with van der Waals surface area (Å²) in [5.74, 6) is 1.29. The smallest absolute Gasteiger partial charge is 0.221 e. The number of amides is 1. The number of thioether (sulfide) groups is 1. The third-order valence-corrected chi connectivity index (χ3v) is 2.21. The minimum Gasteiger partial charge on any atom is -0.359 e. The largest absolute Gasteiger partial charge is 0.359 e. The Morgan fingerprint density at radius 2 is 2.17 bits per heavy atom. The van der Waals surface area contributed by atoms with E-state index in [-0.39, 0.29) is 5.91 Å².